The molecule has 1 rings (SSSR count). The fourth-order valence-corrected chi connectivity index (χ4v) is 2.95. The highest BCUT2D eigenvalue weighted by Crippen LogP contribution is 2.31. The molecule has 0 saturated heterocycles. The van der Waals surface area contributed by atoms with Gasteiger partial charge in [0, 0.05) is 20.7 Å². The molecule has 0 spiro atoms. The molecule has 0 atom stereocenters. The Morgan fingerprint density at radius 2 is 2.07 bits per heavy atom. The van der Waals surface area contributed by atoms with Gasteiger partial charge in [-0.1, -0.05) is 15.9 Å². The number of rotatable bonds is 2. The minimum Gasteiger partial charge on any atom is -0.207 e. The highest BCUT2D eigenvalue weighted by atomic mass is 79.9. The molecule has 2 nitrogen and oxygen atoms in total. The van der Waals surface area contributed by atoms with Gasteiger partial charge in [0.05, 0.1) is 5.88 Å². The van der Waals surface area contributed by atoms with Crippen LogP contribution >= 0.6 is 38.2 Å². The number of hydrogen-bond acceptors (Lipinski definition) is 2. The van der Waals surface area contributed by atoms with E-state index in [2.05, 4.69) is 15.9 Å². The molecule has 0 bridgehead atoms. The van der Waals surface area contributed by atoms with E-state index < -0.39 is 19.8 Å². The predicted molar refractivity (Wildman–Crippen MR) is 61.4 cm³/mol. The molecule has 84 valence electrons. The molecule has 0 amide bonds. The third kappa shape index (κ3) is 2.64. The summed E-state index contributed by atoms with van der Waals surface area (Å²) < 4.78 is 36.2. The fourth-order valence-electron chi connectivity index (χ4n) is 1.08. The van der Waals surface area contributed by atoms with Crippen molar-refractivity contribution in [3.05, 3.63) is 27.5 Å². The molecular formula is C8H6BrCl2FO2S. The van der Waals surface area contributed by atoms with E-state index in [0.717, 1.165) is 6.07 Å². The average molecular weight is 336 g/mol. The monoisotopic (exact) mass is 334 g/mol. The second-order valence-corrected chi connectivity index (χ2v) is 6.50. The van der Waals surface area contributed by atoms with Gasteiger partial charge in [-0.05, 0) is 18.6 Å². The molecule has 0 aromatic heterocycles. The average Bonchev–Trinajstić information content (AvgIpc) is 2.10. The van der Waals surface area contributed by atoms with Crippen molar-refractivity contribution in [3.63, 3.8) is 0 Å². The normalized spacial score (nSPS) is 11.8. The van der Waals surface area contributed by atoms with E-state index in [1.54, 1.807) is 6.92 Å². The molecule has 7 heteroatoms. The molecule has 15 heavy (non-hydrogen) atoms. The summed E-state index contributed by atoms with van der Waals surface area (Å²) in [6, 6.07) is 1.13. The van der Waals surface area contributed by atoms with E-state index in [1.165, 1.54) is 0 Å². The zero-order valence-electron chi connectivity index (χ0n) is 7.52. The lowest BCUT2D eigenvalue weighted by Crippen LogP contribution is -2.02. The molecular weight excluding hydrogens is 330 g/mol. The largest absolute Gasteiger partial charge is 0.264 e. The minimum atomic E-state index is -4.10. The van der Waals surface area contributed by atoms with Gasteiger partial charge in [-0.25, -0.2) is 12.8 Å². The van der Waals surface area contributed by atoms with Gasteiger partial charge < -0.3 is 0 Å². The standard InChI is InChI=1S/C8H6BrCl2FO2S/c1-4-5(3-10)8(12)7(2-6(4)9)15(11,13)14/h2H,3H2,1H3. The van der Waals surface area contributed by atoms with Crippen LogP contribution in [0.25, 0.3) is 0 Å². The second-order valence-electron chi connectivity index (χ2n) is 2.85. The van der Waals surface area contributed by atoms with Gasteiger partial charge in [-0.3, -0.25) is 0 Å². The van der Waals surface area contributed by atoms with Crippen molar-refractivity contribution in [2.45, 2.75) is 17.7 Å². The summed E-state index contributed by atoms with van der Waals surface area (Å²) in [7, 11) is 0.989. The minimum absolute atomic E-state index is 0.115. The molecule has 0 aliphatic rings. The quantitative estimate of drug-likeness (QED) is 0.611. The van der Waals surface area contributed by atoms with Gasteiger partial charge in [0.1, 0.15) is 10.7 Å². The Morgan fingerprint density at radius 1 is 1.53 bits per heavy atom. The Bertz CT molecular complexity index is 502. The van der Waals surface area contributed by atoms with E-state index in [-0.39, 0.29) is 11.4 Å². The number of benzene rings is 1. The topological polar surface area (TPSA) is 34.1 Å². The Labute approximate surface area is 105 Å². The van der Waals surface area contributed by atoms with E-state index in [9.17, 15) is 12.8 Å². The van der Waals surface area contributed by atoms with Crippen LogP contribution in [0.3, 0.4) is 0 Å². The summed E-state index contributed by atoms with van der Waals surface area (Å²) in [6.07, 6.45) is 0. The van der Waals surface area contributed by atoms with Crippen molar-refractivity contribution in [1.82, 2.24) is 0 Å². The van der Waals surface area contributed by atoms with Crippen LogP contribution in [0.2, 0.25) is 0 Å². The molecule has 0 N–H and O–H groups in total. The van der Waals surface area contributed by atoms with E-state index in [1.807, 2.05) is 0 Å². The maximum Gasteiger partial charge on any atom is 0.264 e. The Kier molecular flexibility index (Phi) is 4.03. The van der Waals surface area contributed by atoms with Gasteiger partial charge in [-0.15, -0.1) is 11.6 Å². The lowest BCUT2D eigenvalue weighted by molar-refractivity contribution is 0.567. The van der Waals surface area contributed by atoms with Gasteiger partial charge in [0.15, 0.2) is 0 Å². The zero-order valence-corrected chi connectivity index (χ0v) is 11.4. The lowest BCUT2D eigenvalue weighted by atomic mass is 10.1. The first-order chi connectivity index (χ1) is 6.79. The maximum absolute atomic E-state index is 13.6. The first kappa shape index (κ1) is 13.2. The molecule has 0 fully saturated rings. The van der Waals surface area contributed by atoms with Crippen LogP contribution in [0.5, 0.6) is 0 Å². The summed E-state index contributed by atoms with van der Waals surface area (Å²) in [4.78, 5) is -0.558. The maximum atomic E-state index is 13.6. The van der Waals surface area contributed by atoms with Gasteiger partial charge in [-0.2, -0.15) is 0 Å². The highest BCUT2D eigenvalue weighted by Gasteiger charge is 2.21. The van der Waals surface area contributed by atoms with E-state index in [0.29, 0.717) is 10.0 Å². The zero-order chi connectivity index (χ0) is 11.8. The Hall–Kier alpha value is 0.160. The van der Waals surface area contributed by atoms with Crippen LogP contribution in [0.1, 0.15) is 11.1 Å². The van der Waals surface area contributed by atoms with Gasteiger partial charge >= 0.3 is 0 Å². The van der Waals surface area contributed by atoms with Crippen molar-refractivity contribution >= 4 is 47.3 Å². The Morgan fingerprint density at radius 3 is 2.47 bits per heavy atom. The first-order valence-electron chi connectivity index (χ1n) is 3.77. The van der Waals surface area contributed by atoms with Crippen molar-refractivity contribution < 1.29 is 12.8 Å². The molecule has 0 heterocycles. The van der Waals surface area contributed by atoms with Crippen molar-refractivity contribution in [2.24, 2.45) is 0 Å². The van der Waals surface area contributed by atoms with Crippen LogP contribution < -0.4 is 0 Å². The summed E-state index contributed by atoms with van der Waals surface area (Å²) in [6.45, 7) is 1.63. The van der Waals surface area contributed by atoms with Gasteiger partial charge in [0.2, 0.25) is 0 Å². The number of halogens is 4. The van der Waals surface area contributed by atoms with Gasteiger partial charge in [0.25, 0.3) is 9.05 Å². The summed E-state index contributed by atoms with van der Waals surface area (Å²) in [5.74, 6) is -1.00. The molecule has 0 aliphatic heterocycles. The third-order valence-corrected chi connectivity index (χ3v) is 4.36. The highest BCUT2D eigenvalue weighted by molar-refractivity contribution is 9.10. The van der Waals surface area contributed by atoms with E-state index in [4.69, 9.17) is 22.3 Å². The predicted octanol–water partition coefficient (Wildman–Crippen LogP) is 3.56. The van der Waals surface area contributed by atoms with Crippen LogP contribution in [0.4, 0.5) is 4.39 Å². The van der Waals surface area contributed by atoms with Crippen LogP contribution in [0.15, 0.2) is 15.4 Å². The number of alkyl halides is 1. The van der Waals surface area contributed by atoms with E-state index >= 15 is 0 Å². The molecule has 1 aromatic rings. The molecule has 0 unspecified atom stereocenters. The third-order valence-electron chi connectivity index (χ3n) is 1.95. The summed E-state index contributed by atoms with van der Waals surface area (Å²) >= 11 is 8.65. The SMILES string of the molecule is Cc1c(Br)cc(S(=O)(=O)Cl)c(F)c1CCl. The molecule has 0 saturated carbocycles. The molecule has 1 aromatic carbocycles. The number of hydrogen-bond donors (Lipinski definition) is 0. The summed E-state index contributed by atoms with van der Waals surface area (Å²) in [5, 5.41) is 0. The molecule has 0 aliphatic carbocycles. The van der Waals surface area contributed by atoms with Crippen molar-refractivity contribution in [1.29, 1.82) is 0 Å². The van der Waals surface area contributed by atoms with Crippen LogP contribution in [-0.4, -0.2) is 8.42 Å². The fraction of sp³-hybridized carbons (Fsp3) is 0.250. The van der Waals surface area contributed by atoms with Crippen LogP contribution in [0, 0.1) is 12.7 Å². The summed E-state index contributed by atoms with van der Waals surface area (Å²) in [5.41, 5.74) is 0.692. The smallest absolute Gasteiger partial charge is 0.207 e. The first-order valence-corrected chi connectivity index (χ1v) is 7.40. The second kappa shape index (κ2) is 4.57. The molecule has 0 radical (unpaired) electrons. The Balaban J connectivity index is 3.66. The van der Waals surface area contributed by atoms with Crippen LogP contribution in [-0.2, 0) is 14.9 Å². The van der Waals surface area contributed by atoms with Crippen molar-refractivity contribution in [2.75, 3.05) is 0 Å². The van der Waals surface area contributed by atoms with Crippen molar-refractivity contribution in [3.8, 4) is 0 Å². The lowest BCUT2D eigenvalue weighted by Gasteiger charge is -2.09.